The summed E-state index contributed by atoms with van der Waals surface area (Å²) in [4.78, 5) is 0. The quantitative estimate of drug-likeness (QED) is 0.476. The highest BCUT2D eigenvalue weighted by Gasteiger charge is 2.37. The lowest BCUT2D eigenvalue weighted by Crippen LogP contribution is -2.49. The van der Waals surface area contributed by atoms with Crippen LogP contribution in [0, 0.1) is 31.6 Å². The SMILES string of the molecule is CC#CC(N)(Oc1ccc(C2(c3ccc(O)c(C)c3)CCCCC2)cc1C)C(C)C. The molecule has 0 aromatic heterocycles. The molecule has 30 heavy (non-hydrogen) atoms. The van der Waals surface area contributed by atoms with Gasteiger partial charge in [0.15, 0.2) is 0 Å². The topological polar surface area (TPSA) is 55.5 Å². The molecule has 3 rings (SSSR count). The molecule has 0 heterocycles. The van der Waals surface area contributed by atoms with E-state index in [-0.39, 0.29) is 11.3 Å². The largest absolute Gasteiger partial charge is 0.508 e. The maximum atomic E-state index is 10.0. The number of hydrogen-bond acceptors (Lipinski definition) is 3. The lowest BCUT2D eigenvalue weighted by Gasteiger charge is -2.39. The number of aryl methyl sites for hydroxylation is 2. The number of benzene rings is 2. The summed E-state index contributed by atoms with van der Waals surface area (Å²) in [6.45, 7) is 9.89. The first-order valence-corrected chi connectivity index (χ1v) is 11.0. The standard InChI is InChI=1S/C27H35NO2/c1-6-14-27(28,19(2)3)30-25-13-11-23(18-21(25)5)26(15-8-7-9-16-26)22-10-12-24(29)20(4)17-22/h10-13,17-19,29H,7-9,15-16,28H2,1-5H3. The summed E-state index contributed by atoms with van der Waals surface area (Å²) in [5.41, 5.74) is 10.0. The Kier molecular flexibility index (Phi) is 6.48. The van der Waals surface area contributed by atoms with Gasteiger partial charge < -0.3 is 9.84 Å². The predicted molar refractivity (Wildman–Crippen MR) is 124 cm³/mol. The molecule has 2 aromatic rings. The van der Waals surface area contributed by atoms with Crippen molar-refractivity contribution in [2.45, 2.75) is 77.9 Å². The Morgan fingerprint density at radius 1 is 1.00 bits per heavy atom. The predicted octanol–water partition coefficient (Wildman–Crippen LogP) is 5.97. The Morgan fingerprint density at radius 2 is 1.60 bits per heavy atom. The van der Waals surface area contributed by atoms with E-state index in [4.69, 9.17) is 10.5 Å². The fourth-order valence-corrected chi connectivity index (χ4v) is 4.58. The summed E-state index contributed by atoms with van der Waals surface area (Å²) in [5.74, 6) is 7.15. The van der Waals surface area contributed by atoms with Crippen molar-refractivity contribution >= 4 is 0 Å². The number of phenolic OH excluding ortho intramolecular Hbond substituents is 1. The van der Waals surface area contributed by atoms with Crippen LogP contribution < -0.4 is 10.5 Å². The molecule has 0 spiro atoms. The molecule has 160 valence electrons. The van der Waals surface area contributed by atoms with Gasteiger partial charge in [0.05, 0.1) is 0 Å². The molecule has 1 aliphatic rings. The highest BCUT2D eigenvalue weighted by Crippen LogP contribution is 2.46. The third kappa shape index (κ3) is 4.20. The molecule has 0 aliphatic heterocycles. The fourth-order valence-electron chi connectivity index (χ4n) is 4.58. The van der Waals surface area contributed by atoms with Gasteiger partial charge in [-0.1, -0.05) is 57.4 Å². The van der Waals surface area contributed by atoms with Crippen LogP contribution in [0.15, 0.2) is 36.4 Å². The second kappa shape index (κ2) is 8.74. The van der Waals surface area contributed by atoms with Crippen LogP contribution in [0.3, 0.4) is 0 Å². The van der Waals surface area contributed by atoms with Gasteiger partial charge in [-0.25, -0.2) is 0 Å². The van der Waals surface area contributed by atoms with Crippen LogP contribution in [0.5, 0.6) is 11.5 Å². The highest BCUT2D eigenvalue weighted by molar-refractivity contribution is 5.48. The van der Waals surface area contributed by atoms with Gasteiger partial charge in [0.25, 0.3) is 0 Å². The first-order chi connectivity index (χ1) is 14.2. The molecule has 0 saturated heterocycles. The van der Waals surface area contributed by atoms with Crippen LogP contribution in [-0.4, -0.2) is 10.8 Å². The number of hydrogen-bond donors (Lipinski definition) is 2. The molecule has 1 aliphatic carbocycles. The summed E-state index contributed by atoms with van der Waals surface area (Å²) in [5, 5.41) is 10.0. The molecule has 1 unspecified atom stereocenters. The molecule has 1 atom stereocenters. The number of ether oxygens (including phenoxy) is 1. The van der Waals surface area contributed by atoms with Gasteiger partial charge in [-0.05, 0) is 73.9 Å². The third-order valence-corrected chi connectivity index (χ3v) is 6.64. The van der Waals surface area contributed by atoms with Gasteiger partial charge in [0, 0.05) is 11.3 Å². The summed E-state index contributed by atoms with van der Waals surface area (Å²) in [6.07, 6.45) is 5.93. The van der Waals surface area contributed by atoms with Crippen molar-refractivity contribution < 1.29 is 9.84 Å². The number of phenols is 1. The number of nitrogens with two attached hydrogens (primary N) is 1. The minimum atomic E-state index is -1.00. The molecule has 1 fully saturated rings. The number of rotatable bonds is 5. The Bertz CT molecular complexity index is 961. The van der Waals surface area contributed by atoms with Crippen LogP contribution in [0.2, 0.25) is 0 Å². The summed E-state index contributed by atoms with van der Waals surface area (Å²) < 4.78 is 6.22. The van der Waals surface area contributed by atoms with E-state index in [1.807, 2.05) is 26.8 Å². The average molecular weight is 406 g/mol. The van der Waals surface area contributed by atoms with E-state index in [1.54, 1.807) is 6.92 Å². The van der Waals surface area contributed by atoms with Crippen LogP contribution in [0.4, 0.5) is 0 Å². The van der Waals surface area contributed by atoms with E-state index in [0.29, 0.717) is 5.75 Å². The second-order valence-electron chi connectivity index (χ2n) is 9.05. The molecule has 3 heteroatoms. The van der Waals surface area contributed by atoms with Gasteiger partial charge >= 0.3 is 0 Å². The minimum absolute atomic E-state index is 0.0267. The van der Waals surface area contributed by atoms with Crippen molar-refractivity contribution in [2.75, 3.05) is 0 Å². The zero-order valence-electron chi connectivity index (χ0n) is 19.0. The smallest absolute Gasteiger partial charge is 0.223 e. The van der Waals surface area contributed by atoms with Crippen LogP contribution in [-0.2, 0) is 5.41 Å². The maximum absolute atomic E-state index is 10.0. The normalized spacial score (nSPS) is 17.7. The number of aromatic hydroxyl groups is 1. The molecule has 0 amide bonds. The van der Waals surface area contributed by atoms with Crippen molar-refractivity contribution in [2.24, 2.45) is 11.7 Å². The highest BCUT2D eigenvalue weighted by atomic mass is 16.5. The molecule has 3 nitrogen and oxygen atoms in total. The van der Waals surface area contributed by atoms with Gasteiger partial charge in [-0.2, -0.15) is 0 Å². The molecule has 2 aromatic carbocycles. The zero-order chi connectivity index (χ0) is 21.9. The van der Waals surface area contributed by atoms with Crippen molar-refractivity contribution in [3.8, 4) is 23.3 Å². The first-order valence-electron chi connectivity index (χ1n) is 11.0. The first kappa shape index (κ1) is 22.2. The van der Waals surface area contributed by atoms with Crippen molar-refractivity contribution in [3.63, 3.8) is 0 Å². The van der Waals surface area contributed by atoms with Crippen molar-refractivity contribution in [1.29, 1.82) is 0 Å². The van der Waals surface area contributed by atoms with E-state index in [9.17, 15) is 5.11 Å². The van der Waals surface area contributed by atoms with Gasteiger partial charge in [0.1, 0.15) is 11.5 Å². The molecular formula is C27H35NO2. The Labute approximate surface area is 181 Å². The Morgan fingerprint density at radius 3 is 2.13 bits per heavy atom. The van der Waals surface area contributed by atoms with E-state index in [1.165, 1.54) is 30.4 Å². The second-order valence-corrected chi connectivity index (χ2v) is 9.05. The fraction of sp³-hybridized carbons (Fsp3) is 0.481. The summed E-state index contributed by atoms with van der Waals surface area (Å²) >= 11 is 0. The zero-order valence-corrected chi connectivity index (χ0v) is 19.0. The average Bonchev–Trinajstić information content (AvgIpc) is 2.72. The van der Waals surface area contributed by atoms with Crippen molar-refractivity contribution in [1.82, 2.24) is 0 Å². The third-order valence-electron chi connectivity index (χ3n) is 6.64. The van der Waals surface area contributed by atoms with E-state index >= 15 is 0 Å². The molecule has 1 saturated carbocycles. The van der Waals surface area contributed by atoms with E-state index < -0.39 is 5.72 Å². The van der Waals surface area contributed by atoms with Crippen LogP contribution in [0.1, 0.15) is 75.1 Å². The molecule has 0 bridgehead atoms. The molecular weight excluding hydrogens is 370 g/mol. The lowest BCUT2D eigenvalue weighted by atomic mass is 9.65. The van der Waals surface area contributed by atoms with Crippen LogP contribution >= 0.6 is 0 Å². The molecule has 3 N–H and O–H groups in total. The van der Waals surface area contributed by atoms with E-state index in [2.05, 4.69) is 49.1 Å². The van der Waals surface area contributed by atoms with Crippen molar-refractivity contribution in [3.05, 3.63) is 58.7 Å². The van der Waals surface area contributed by atoms with Gasteiger partial charge in [0.2, 0.25) is 5.72 Å². The monoisotopic (exact) mass is 405 g/mol. The van der Waals surface area contributed by atoms with Gasteiger partial charge in [-0.3, -0.25) is 5.73 Å². The Balaban J connectivity index is 2.03. The molecule has 0 radical (unpaired) electrons. The lowest BCUT2D eigenvalue weighted by molar-refractivity contribution is 0.0863. The minimum Gasteiger partial charge on any atom is -0.508 e. The van der Waals surface area contributed by atoms with E-state index in [0.717, 1.165) is 29.7 Å². The summed E-state index contributed by atoms with van der Waals surface area (Å²) in [7, 11) is 0. The van der Waals surface area contributed by atoms with Gasteiger partial charge in [-0.15, -0.1) is 5.92 Å². The summed E-state index contributed by atoms with van der Waals surface area (Å²) in [6, 6.07) is 12.6. The Hall–Kier alpha value is -2.44. The van der Waals surface area contributed by atoms with Crippen LogP contribution in [0.25, 0.3) is 0 Å². The maximum Gasteiger partial charge on any atom is 0.223 e.